The molecule has 4 heteroatoms. The average Bonchev–Trinajstić information content (AvgIpc) is 2.53. The molecule has 1 fully saturated rings. The van der Waals surface area contributed by atoms with Crippen LogP contribution in [0.1, 0.15) is 58.4 Å². The molecule has 134 valence electrons. The number of ether oxygens (including phenoxy) is 2. The van der Waals surface area contributed by atoms with E-state index in [9.17, 15) is 0 Å². The predicted octanol–water partition coefficient (Wildman–Crippen LogP) is 6.75. The summed E-state index contributed by atoms with van der Waals surface area (Å²) >= 11 is 12.2. The van der Waals surface area contributed by atoms with E-state index in [-0.39, 0.29) is 5.41 Å². The van der Waals surface area contributed by atoms with Crippen molar-refractivity contribution in [1.29, 1.82) is 0 Å². The molecule has 1 aliphatic heterocycles. The van der Waals surface area contributed by atoms with Crippen molar-refractivity contribution >= 4 is 29.3 Å². The molecule has 0 unspecified atom stereocenters. The standard InChI is InChI=1S/C20H28Cl2O2/c1-4-5-6-7-11-20(23-14-19(2,3)15-24-20)12-10-16-8-9-17(21)13-18(16)22/h8-10,12-13H,4-7,11,14-15H2,1-3H3. The van der Waals surface area contributed by atoms with Gasteiger partial charge in [0.15, 0.2) is 5.79 Å². The third kappa shape index (κ3) is 5.77. The summed E-state index contributed by atoms with van der Waals surface area (Å²) in [5, 5.41) is 1.27. The lowest BCUT2D eigenvalue weighted by Gasteiger charge is -2.42. The molecular weight excluding hydrogens is 343 g/mol. The summed E-state index contributed by atoms with van der Waals surface area (Å²) < 4.78 is 12.3. The Bertz CT molecular complexity index is 557. The summed E-state index contributed by atoms with van der Waals surface area (Å²) in [4.78, 5) is 0. The van der Waals surface area contributed by atoms with Gasteiger partial charge >= 0.3 is 0 Å². The number of halogens is 2. The second kappa shape index (κ2) is 8.71. The van der Waals surface area contributed by atoms with E-state index in [2.05, 4.69) is 20.8 Å². The van der Waals surface area contributed by atoms with Crippen LogP contribution in [-0.4, -0.2) is 19.0 Å². The molecule has 0 atom stereocenters. The quantitative estimate of drug-likeness (QED) is 0.494. The Morgan fingerprint density at radius 1 is 1.08 bits per heavy atom. The normalized spacial score (nSPS) is 19.7. The average molecular weight is 371 g/mol. The second-order valence-corrected chi connectivity index (χ2v) is 8.21. The van der Waals surface area contributed by atoms with Gasteiger partial charge in [-0.05, 0) is 30.2 Å². The van der Waals surface area contributed by atoms with E-state index in [4.69, 9.17) is 32.7 Å². The summed E-state index contributed by atoms with van der Waals surface area (Å²) in [5.74, 6) is -0.647. The van der Waals surface area contributed by atoms with Gasteiger partial charge in [-0.15, -0.1) is 0 Å². The van der Waals surface area contributed by atoms with Crippen LogP contribution in [0.2, 0.25) is 10.0 Å². The zero-order chi connectivity index (χ0) is 17.6. The highest BCUT2D eigenvalue weighted by molar-refractivity contribution is 6.35. The second-order valence-electron chi connectivity index (χ2n) is 7.36. The maximum Gasteiger partial charge on any atom is 0.188 e. The first kappa shape index (κ1) is 19.8. The van der Waals surface area contributed by atoms with E-state index in [1.807, 2.05) is 24.3 Å². The molecule has 2 rings (SSSR count). The van der Waals surface area contributed by atoms with Crippen LogP contribution in [0.3, 0.4) is 0 Å². The first-order chi connectivity index (χ1) is 11.4. The molecule has 1 aliphatic rings. The Hall–Kier alpha value is -0.540. The molecule has 1 saturated heterocycles. The van der Waals surface area contributed by atoms with Crippen LogP contribution >= 0.6 is 23.2 Å². The van der Waals surface area contributed by atoms with Gasteiger partial charge in [0.25, 0.3) is 0 Å². The molecule has 0 radical (unpaired) electrons. The molecule has 0 N–H and O–H groups in total. The fourth-order valence-corrected chi connectivity index (χ4v) is 3.17. The topological polar surface area (TPSA) is 18.5 Å². The van der Waals surface area contributed by atoms with Crippen molar-refractivity contribution in [3.8, 4) is 0 Å². The van der Waals surface area contributed by atoms with Crippen LogP contribution in [-0.2, 0) is 9.47 Å². The van der Waals surface area contributed by atoms with E-state index in [1.165, 1.54) is 19.3 Å². The van der Waals surface area contributed by atoms with Crippen molar-refractivity contribution in [3.05, 3.63) is 39.9 Å². The Kier molecular flexibility index (Phi) is 7.18. The number of benzene rings is 1. The van der Waals surface area contributed by atoms with Crippen LogP contribution in [0, 0.1) is 5.41 Å². The van der Waals surface area contributed by atoms with Gasteiger partial charge in [0.1, 0.15) is 0 Å². The molecule has 0 aliphatic carbocycles. The van der Waals surface area contributed by atoms with Gasteiger partial charge in [-0.25, -0.2) is 0 Å². The number of rotatable bonds is 7. The zero-order valence-corrected chi connectivity index (χ0v) is 16.4. The number of unbranched alkanes of at least 4 members (excludes halogenated alkanes) is 3. The van der Waals surface area contributed by atoms with Crippen molar-refractivity contribution in [1.82, 2.24) is 0 Å². The van der Waals surface area contributed by atoms with Crippen molar-refractivity contribution < 1.29 is 9.47 Å². The monoisotopic (exact) mass is 370 g/mol. The molecule has 2 nitrogen and oxygen atoms in total. The fraction of sp³-hybridized carbons (Fsp3) is 0.600. The fourth-order valence-electron chi connectivity index (χ4n) is 2.69. The molecule has 1 aromatic rings. The Balaban J connectivity index is 2.11. The van der Waals surface area contributed by atoms with Gasteiger partial charge in [0.2, 0.25) is 0 Å². The minimum atomic E-state index is -0.647. The van der Waals surface area contributed by atoms with Crippen LogP contribution in [0.25, 0.3) is 6.08 Å². The highest BCUT2D eigenvalue weighted by Crippen LogP contribution is 2.35. The van der Waals surface area contributed by atoms with E-state index in [0.29, 0.717) is 23.3 Å². The maximum atomic E-state index is 6.27. The Morgan fingerprint density at radius 3 is 2.42 bits per heavy atom. The number of hydrogen-bond donors (Lipinski definition) is 0. The van der Waals surface area contributed by atoms with Gasteiger partial charge < -0.3 is 9.47 Å². The van der Waals surface area contributed by atoms with Crippen molar-refractivity contribution in [2.24, 2.45) is 5.41 Å². The highest BCUT2D eigenvalue weighted by Gasteiger charge is 2.38. The summed E-state index contributed by atoms with van der Waals surface area (Å²) in [6, 6.07) is 5.51. The molecule has 0 aromatic heterocycles. The van der Waals surface area contributed by atoms with Gasteiger partial charge in [-0.1, -0.05) is 75.4 Å². The lowest BCUT2D eigenvalue weighted by Crippen LogP contribution is -2.46. The molecule has 0 bridgehead atoms. The summed E-state index contributed by atoms with van der Waals surface area (Å²) in [6.07, 6.45) is 9.62. The summed E-state index contributed by atoms with van der Waals surface area (Å²) in [6.45, 7) is 7.93. The third-order valence-electron chi connectivity index (χ3n) is 4.27. The summed E-state index contributed by atoms with van der Waals surface area (Å²) in [5.41, 5.74) is 0.976. The van der Waals surface area contributed by atoms with Crippen LogP contribution in [0.5, 0.6) is 0 Å². The van der Waals surface area contributed by atoms with E-state index in [0.717, 1.165) is 18.4 Å². The SMILES string of the molecule is CCCCCCC1(C=Cc2ccc(Cl)cc2Cl)OCC(C)(C)CO1. The smallest absolute Gasteiger partial charge is 0.188 e. The van der Waals surface area contributed by atoms with Gasteiger partial charge in [-0.2, -0.15) is 0 Å². The molecule has 24 heavy (non-hydrogen) atoms. The highest BCUT2D eigenvalue weighted by atomic mass is 35.5. The maximum absolute atomic E-state index is 6.27. The van der Waals surface area contributed by atoms with Crippen LogP contribution < -0.4 is 0 Å². The summed E-state index contributed by atoms with van der Waals surface area (Å²) in [7, 11) is 0. The van der Waals surface area contributed by atoms with Crippen LogP contribution in [0.4, 0.5) is 0 Å². The van der Waals surface area contributed by atoms with E-state index < -0.39 is 5.79 Å². The van der Waals surface area contributed by atoms with E-state index >= 15 is 0 Å². The first-order valence-electron chi connectivity index (χ1n) is 8.78. The molecule has 0 amide bonds. The molecule has 0 saturated carbocycles. The minimum absolute atomic E-state index is 0.0542. The largest absolute Gasteiger partial charge is 0.346 e. The predicted molar refractivity (Wildman–Crippen MR) is 103 cm³/mol. The molecular formula is C20H28Cl2O2. The van der Waals surface area contributed by atoms with Gasteiger partial charge in [0, 0.05) is 21.9 Å². The van der Waals surface area contributed by atoms with Crippen molar-refractivity contribution in [3.63, 3.8) is 0 Å². The minimum Gasteiger partial charge on any atom is -0.346 e. The third-order valence-corrected chi connectivity index (χ3v) is 4.83. The van der Waals surface area contributed by atoms with Crippen molar-refractivity contribution in [2.45, 2.75) is 58.7 Å². The Morgan fingerprint density at radius 2 is 1.79 bits per heavy atom. The first-order valence-corrected chi connectivity index (χ1v) is 9.54. The number of hydrogen-bond acceptors (Lipinski definition) is 2. The van der Waals surface area contributed by atoms with E-state index in [1.54, 1.807) is 6.07 Å². The lowest BCUT2D eigenvalue weighted by molar-refractivity contribution is -0.274. The van der Waals surface area contributed by atoms with Gasteiger partial charge in [-0.3, -0.25) is 0 Å². The lowest BCUT2D eigenvalue weighted by atomic mass is 9.93. The van der Waals surface area contributed by atoms with Crippen molar-refractivity contribution in [2.75, 3.05) is 13.2 Å². The zero-order valence-electron chi connectivity index (χ0n) is 14.9. The molecule has 1 heterocycles. The van der Waals surface area contributed by atoms with Crippen LogP contribution in [0.15, 0.2) is 24.3 Å². The van der Waals surface area contributed by atoms with Gasteiger partial charge in [0.05, 0.1) is 13.2 Å². The Labute approximate surface area is 156 Å². The molecule has 1 aromatic carbocycles. The molecule has 0 spiro atoms.